The van der Waals surface area contributed by atoms with Gasteiger partial charge in [0.1, 0.15) is 0 Å². The summed E-state index contributed by atoms with van der Waals surface area (Å²) >= 11 is 0. The number of rotatable bonds is 3. The van der Waals surface area contributed by atoms with Crippen LogP contribution in [0.3, 0.4) is 0 Å². The Morgan fingerprint density at radius 2 is 1.77 bits per heavy atom. The van der Waals surface area contributed by atoms with Crippen LogP contribution in [0.5, 0.6) is 0 Å². The molecule has 1 aliphatic rings. The van der Waals surface area contributed by atoms with Crippen molar-refractivity contribution >= 4 is 5.97 Å². The molecule has 0 radical (unpaired) electrons. The lowest BCUT2D eigenvalue weighted by molar-refractivity contribution is -0.142. The molecule has 3 heteroatoms. The van der Waals surface area contributed by atoms with Gasteiger partial charge in [0.2, 0.25) is 0 Å². The second-order valence-electron chi connectivity index (χ2n) is 5.10. The van der Waals surface area contributed by atoms with Crippen molar-refractivity contribution in [2.75, 3.05) is 6.54 Å². The van der Waals surface area contributed by atoms with Gasteiger partial charge >= 0.3 is 5.97 Å². The van der Waals surface area contributed by atoms with Gasteiger partial charge in [-0.05, 0) is 16.7 Å². The van der Waals surface area contributed by atoms with Gasteiger partial charge in [0.05, 0.1) is 5.92 Å². The lowest BCUT2D eigenvalue weighted by Gasteiger charge is -2.10. The Bertz CT molecular complexity index is 219. The fourth-order valence-corrected chi connectivity index (χ4v) is 2.63. The molecule has 0 aliphatic heterocycles. The van der Waals surface area contributed by atoms with Crippen molar-refractivity contribution in [3.63, 3.8) is 0 Å². The second-order valence-corrected chi connectivity index (χ2v) is 5.10. The zero-order valence-corrected chi connectivity index (χ0v) is 8.79. The van der Waals surface area contributed by atoms with Gasteiger partial charge in [0.25, 0.3) is 0 Å². The molecule has 13 heavy (non-hydrogen) atoms. The van der Waals surface area contributed by atoms with Gasteiger partial charge in [-0.25, -0.2) is 0 Å². The second kappa shape index (κ2) is 2.71. The van der Waals surface area contributed by atoms with Crippen molar-refractivity contribution in [3.05, 3.63) is 0 Å². The molecule has 0 amide bonds. The van der Waals surface area contributed by atoms with Gasteiger partial charge in [-0.2, -0.15) is 0 Å². The van der Waals surface area contributed by atoms with E-state index in [2.05, 4.69) is 27.7 Å². The summed E-state index contributed by atoms with van der Waals surface area (Å²) in [5.74, 6) is -0.932. The molecular weight excluding hydrogens is 166 g/mol. The van der Waals surface area contributed by atoms with Crippen molar-refractivity contribution in [3.8, 4) is 0 Å². The summed E-state index contributed by atoms with van der Waals surface area (Å²) < 4.78 is 0. The molecule has 0 aromatic rings. The molecule has 1 unspecified atom stereocenters. The summed E-state index contributed by atoms with van der Waals surface area (Å²) in [4.78, 5) is 10.9. The first kappa shape index (κ1) is 10.5. The molecule has 1 aliphatic carbocycles. The summed E-state index contributed by atoms with van der Waals surface area (Å²) in [6.07, 6.45) is 0. The van der Waals surface area contributed by atoms with Crippen molar-refractivity contribution < 1.29 is 9.90 Å². The fourth-order valence-electron chi connectivity index (χ4n) is 2.63. The van der Waals surface area contributed by atoms with Crippen LogP contribution in [0.25, 0.3) is 0 Å². The Morgan fingerprint density at radius 3 is 1.85 bits per heavy atom. The van der Waals surface area contributed by atoms with E-state index >= 15 is 0 Å². The van der Waals surface area contributed by atoms with E-state index in [0.29, 0.717) is 0 Å². The van der Waals surface area contributed by atoms with Crippen molar-refractivity contribution in [2.45, 2.75) is 27.7 Å². The number of carboxylic acids is 1. The topological polar surface area (TPSA) is 63.3 Å². The van der Waals surface area contributed by atoms with E-state index in [0.717, 1.165) is 0 Å². The molecule has 3 nitrogen and oxygen atoms in total. The summed E-state index contributed by atoms with van der Waals surface area (Å²) in [6.45, 7) is 8.70. The standard InChI is InChI=1S/C10H19NO2/c1-9(2)7(10(9,3)4)6(5-11)8(12)13/h6-7H,5,11H2,1-4H3,(H,12,13). The molecule has 0 aromatic heterocycles. The quantitative estimate of drug-likeness (QED) is 0.697. The highest BCUT2D eigenvalue weighted by atomic mass is 16.4. The average molecular weight is 185 g/mol. The molecule has 76 valence electrons. The number of aliphatic carboxylic acids is 1. The molecule has 0 saturated heterocycles. The molecule has 1 saturated carbocycles. The van der Waals surface area contributed by atoms with E-state index in [1.54, 1.807) is 0 Å². The largest absolute Gasteiger partial charge is 0.481 e. The highest BCUT2D eigenvalue weighted by molar-refractivity contribution is 5.71. The Kier molecular flexibility index (Phi) is 2.19. The van der Waals surface area contributed by atoms with Crippen LogP contribution in [0.1, 0.15) is 27.7 Å². The van der Waals surface area contributed by atoms with E-state index in [4.69, 9.17) is 10.8 Å². The predicted molar refractivity (Wildman–Crippen MR) is 51.2 cm³/mol. The van der Waals surface area contributed by atoms with Crippen LogP contribution in [0, 0.1) is 22.7 Å². The summed E-state index contributed by atoms with van der Waals surface area (Å²) in [5, 5.41) is 8.97. The molecule has 3 N–H and O–H groups in total. The Morgan fingerprint density at radius 1 is 1.38 bits per heavy atom. The van der Waals surface area contributed by atoms with Gasteiger partial charge in [0, 0.05) is 6.54 Å². The molecule has 1 atom stereocenters. The fraction of sp³-hybridized carbons (Fsp3) is 0.900. The monoisotopic (exact) mass is 185 g/mol. The summed E-state index contributed by atoms with van der Waals surface area (Å²) in [7, 11) is 0. The van der Waals surface area contributed by atoms with E-state index in [1.807, 2.05) is 0 Å². The summed E-state index contributed by atoms with van der Waals surface area (Å²) in [5.41, 5.74) is 5.69. The number of nitrogens with two attached hydrogens (primary N) is 1. The third-order valence-electron chi connectivity index (χ3n) is 4.11. The highest BCUT2D eigenvalue weighted by Crippen LogP contribution is 2.70. The van der Waals surface area contributed by atoms with Crippen molar-refractivity contribution in [1.29, 1.82) is 0 Å². The van der Waals surface area contributed by atoms with E-state index in [-0.39, 0.29) is 29.2 Å². The zero-order chi connectivity index (χ0) is 10.4. The predicted octanol–water partition coefficient (Wildman–Crippen LogP) is 1.33. The first-order valence-corrected chi connectivity index (χ1v) is 4.69. The van der Waals surface area contributed by atoms with Crippen LogP contribution in [0.4, 0.5) is 0 Å². The average Bonchev–Trinajstić information content (AvgIpc) is 2.32. The smallest absolute Gasteiger partial charge is 0.308 e. The minimum absolute atomic E-state index is 0.107. The molecule has 0 aromatic carbocycles. The highest BCUT2D eigenvalue weighted by Gasteiger charge is 2.68. The maximum absolute atomic E-state index is 10.9. The number of carbonyl (C=O) groups is 1. The first-order valence-electron chi connectivity index (χ1n) is 4.69. The normalized spacial score (nSPS) is 26.8. The molecular formula is C10H19NO2. The maximum Gasteiger partial charge on any atom is 0.308 e. The molecule has 1 rings (SSSR count). The molecule has 0 bridgehead atoms. The lowest BCUT2D eigenvalue weighted by Crippen LogP contribution is -2.27. The van der Waals surface area contributed by atoms with Gasteiger partial charge in [-0.1, -0.05) is 27.7 Å². The number of hydrogen-bond acceptors (Lipinski definition) is 2. The lowest BCUT2D eigenvalue weighted by atomic mass is 9.97. The van der Waals surface area contributed by atoms with Crippen LogP contribution in [0.2, 0.25) is 0 Å². The van der Waals surface area contributed by atoms with Crippen molar-refractivity contribution in [1.82, 2.24) is 0 Å². The zero-order valence-electron chi connectivity index (χ0n) is 8.79. The first-order chi connectivity index (χ1) is 5.76. The van der Waals surface area contributed by atoms with Gasteiger partial charge in [-0.15, -0.1) is 0 Å². The minimum Gasteiger partial charge on any atom is -0.481 e. The van der Waals surface area contributed by atoms with E-state index in [9.17, 15) is 4.79 Å². The van der Waals surface area contributed by atoms with Crippen LogP contribution in [-0.4, -0.2) is 17.6 Å². The summed E-state index contributed by atoms with van der Waals surface area (Å²) in [6, 6.07) is 0. The van der Waals surface area contributed by atoms with Gasteiger partial charge in [0.15, 0.2) is 0 Å². The SMILES string of the molecule is CC1(C)C(C(CN)C(=O)O)C1(C)C. The van der Waals surface area contributed by atoms with Crippen molar-refractivity contribution in [2.24, 2.45) is 28.4 Å². The van der Waals surface area contributed by atoms with Gasteiger partial charge in [-0.3, -0.25) is 4.79 Å². The maximum atomic E-state index is 10.9. The minimum atomic E-state index is -0.758. The number of carboxylic acid groups (broad SMARTS) is 1. The van der Waals surface area contributed by atoms with E-state index < -0.39 is 5.97 Å². The van der Waals surface area contributed by atoms with Crippen LogP contribution >= 0.6 is 0 Å². The Balaban J connectivity index is 2.81. The Hall–Kier alpha value is -0.570. The van der Waals surface area contributed by atoms with Crippen LogP contribution < -0.4 is 5.73 Å². The third kappa shape index (κ3) is 1.26. The third-order valence-corrected chi connectivity index (χ3v) is 4.11. The Labute approximate surface area is 79.3 Å². The molecule has 0 spiro atoms. The van der Waals surface area contributed by atoms with E-state index in [1.165, 1.54) is 0 Å². The van der Waals surface area contributed by atoms with Gasteiger partial charge < -0.3 is 10.8 Å². The van der Waals surface area contributed by atoms with Crippen LogP contribution in [-0.2, 0) is 4.79 Å². The van der Waals surface area contributed by atoms with Crippen LogP contribution in [0.15, 0.2) is 0 Å². The number of hydrogen-bond donors (Lipinski definition) is 2. The molecule has 1 fully saturated rings. The molecule has 0 heterocycles.